The standard InChI is InChI=1S/C11H23N5O2S/c1-4-16(5-2)7-6-14-19(17,18)11-10(8-12-3)9-13-15-11/h9,12,14H,4-8H2,1-3H3,(H,13,15). The highest BCUT2D eigenvalue weighted by atomic mass is 32.2. The number of nitrogens with zero attached hydrogens (tertiary/aromatic N) is 2. The lowest BCUT2D eigenvalue weighted by atomic mass is 10.4. The molecule has 0 aliphatic carbocycles. The lowest BCUT2D eigenvalue weighted by molar-refractivity contribution is 0.309. The third kappa shape index (κ3) is 4.57. The van der Waals surface area contributed by atoms with E-state index in [2.05, 4.69) is 39.0 Å². The number of hydrogen-bond acceptors (Lipinski definition) is 5. The quantitative estimate of drug-likeness (QED) is 0.583. The topological polar surface area (TPSA) is 90.1 Å². The van der Waals surface area contributed by atoms with Crippen LogP contribution in [-0.2, 0) is 16.6 Å². The van der Waals surface area contributed by atoms with Crippen molar-refractivity contribution in [3.8, 4) is 0 Å². The smallest absolute Gasteiger partial charge is 0.257 e. The number of hydrogen-bond donors (Lipinski definition) is 3. The van der Waals surface area contributed by atoms with E-state index in [4.69, 9.17) is 0 Å². The zero-order valence-electron chi connectivity index (χ0n) is 11.7. The van der Waals surface area contributed by atoms with Gasteiger partial charge in [0.1, 0.15) is 0 Å². The second-order valence-corrected chi connectivity index (χ2v) is 5.88. The zero-order valence-corrected chi connectivity index (χ0v) is 12.5. The second kappa shape index (κ2) is 7.59. The molecule has 0 unspecified atom stereocenters. The third-order valence-electron chi connectivity index (χ3n) is 2.93. The van der Waals surface area contributed by atoms with Gasteiger partial charge in [-0.25, -0.2) is 13.1 Å². The first kappa shape index (κ1) is 16.1. The summed E-state index contributed by atoms with van der Waals surface area (Å²) in [6.07, 6.45) is 1.52. The first-order chi connectivity index (χ1) is 9.05. The van der Waals surface area contributed by atoms with Crippen molar-refractivity contribution in [2.24, 2.45) is 0 Å². The van der Waals surface area contributed by atoms with Crippen LogP contribution in [0.25, 0.3) is 0 Å². The maximum absolute atomic E-state index is 12.1. The normalized spacial score (nSPS) is 12.2. The molecule has 0 bridgehead atoms. The van der Waals surface area contributed by atoms with Crippen molar-refractivity contribution in [1.82, 2.24) is 25.1 Å². The monoisotopic (exact) mass is 289 g/mol. The number of aromatic nitrogens is 2. The van der Waals surface area contributed by atoms with Gasteiger partial charge in [-0.05, 0) is 20.1 Å². The van der Waals surface area contributed by atoms with Gasteiger partial charge in [-0.15, -0.1) is 0 Å². The van der Waals surface area contributed by atoms with Crippen molar-refractivity contribution in [2.75, 3.05) is 33.2 Å². The largest absolute Gasteiger partial charge is 0.316 e. The summed E-state index contributed by atoms with van der Waals surface area (Å²) in [5.41, 5.74) is 0.637. The molecule has 1 heterocycles. The molecule has 7 nitrogen and oxygen atoms in total. The van der Waals surface area contributed by atoms with Gasteiger partial charge >= 0.3 is 0 Å². The van der Waals surface area contributed by atoms with Gasteiger partial charge in [-0.3, -0.25) is 5.10 Å². The van der Waals surface area contributed by atoms with Crippen LogP contribution in [0, 0.1) is 0 Å². The molecule has 0 spiro atoms. The Morgan fingerprint density at radius 1 is 1.37 bits per heavy atom. The fraction of sp³-hybridized carbons (Fsp3) is 0.727. The van der Waals surface area contributed by atoms with Crippen LogP contribution in [0.2, 0.25) is 0 Å². The minimum Gasteiger partial charge on any atom is -0.316 e. The Morgan fingerprint density at radius 2 is 2.05 bits per heavy atom. The molecule has 0 aliphatic heterocycles. The number of H-pyrrole nitrogens is 1. The van der Waals surface area contributed by atoms with Gasteiger partial charge < -0.3 is 10.2 Å². The molecule has 1 aromatic heterocycles. The Balaban J connectivity index is 2.63. The van der Waals surface area contributed by atoms with Crippen LogP contribution in [-0.4, -0.2) is 56.7 Å². The van der Waals surface area contributed by atoms with Crippen LogP contribution >= 0.6 is 0 Å². The number of rotatable bonds is 9. The average molecular weight is 289 g/mol. The van der Waals surface area contributed by atoms with E-state index in [0.29, 0.717) is 25.2 Å². The summed E-state index contributed by atoms with van der Waals surface area (Å²) < 4.78 is 26.8. The van der Waals surface area contributed by atoms with E-state index in [-0.39, 0.29) is 5.03 Å². The lowest BCUT2D eigenvalue weighted by Gasteiger charge is -2.17. The predicted octanol–water partition coefficient (Wildman–Crippen LogP) is -0.251. The van der Waals surface area contributed by atoms with Crippen molar-refractivity contribution in [3.05, 3.63) is 11.8 Å². The van der Waals surface area contributed by atoms with E-state index < -0.39 is 10.0 Å². The minimum absolute atomic E-state index is 0.140. The highest BCUT2D eigenvalue weighted by molar-refractivity contribution is 7.89. The summed E-state index contributed by atoms with van der Waals surface area (Å²) >= 11 is 0. The Kier molecular flexibility index (Phi) is 6.43. The molecular formula is C11H23N5O2S. The van der Waals surface area contributed by atoms with Crippen LogP contribution in [0.5, 0.6) is 0 Å². The maximum atomic E-state index is 12.1. The number of aromatic amines is 1. The van der Waals surface area contributed by atoms with E-state index in [0.717, 1.165) is 13.1 Å². The molecule has 0 radical (unpaired) electrons. The van der Waals surface area contributed by atoms with Crippen LogP contribution in [0.1, 0.15) is 19.4 Å². The molecule has 0 saturated carbocycles. The summed E-state index contributed by atoms with van der Waals surface area (Å²) in [5.74, 6) is 0. The SMILES string of the molecule is CCN(CC)CCNS(=O)(=O)c1[nH]ncc1CNC. The summed E-state index contributed by atoms with van der Waals surface area (Å²) in [5, 5.41) is 9.39. The molecule has 3 N–H and O–H groups in total. The summed E-state index contributed by atoms with van der Waals surface area (Å²) in [6.45, 7) is 7.48. The molecule has 19 heavy (non-hydrogen) atoms. The van der Waals surface area contributed by atoms with E-state index in [1.807, 2.05) is 0 Å². The zero-order chi connectivity index (χ0) is 14.3. The van der Waals surface area contributed by atoms with Gasteiger partial charge in [0.25, 0.3) is 10.0 Å². The number of nitrogens with one attached hydrogen (secondary N) is 3. The van der Waals surface area contributed by atoms with Crippen LogP contribution in [0.3, 0.4) is 0 Å². The van der Waals surface area contributed by atoms with Crippen LogP contribution < -0.4 is 10.0 Å². The molecule has 1 aromatic rings. The van der Waals surface area contributed by atoms with Gasteiger partial charge in [0.15, 0.2) is 5.03 Å². The van der Waals surface area contributed by atoms with E-state index >= 15 is 0 Å². The molecule has 0 amide bonds. The van der Waals surface area contributed by atoms with Crippen LogP contribution in [0.15, 0.2) is 11.2 Å². The third-order valence-corrected chi connectivity index (χ3v) is 4.40. The fourth-order valence-corrected chi connectivity index (χ4v) is 2.95. The Bertz CT molecular complexity index is 467. The highest BCUT2D eigenvalue weighted by Gasteiger charge is 2.20. The number of likely N-dealkylation sites (N-methyl/N-ethyl adjacent to an activating group) is 1. The molecule has 0 aromatic carbocycles. The first-order valence-electron chi connectivity index (χ1n) is 6.44. The molecule has 0 fully saturated rings. The van der Waals surface area contributed by atoms with Crippen LogP contribution in [0.4, 0.5) is 0 Å². The van der Waals surface area contributed by atoms with Crippen molar-refractivity contribution in [2.45, 2.75) is 25.4 Å². The van der Waals surface area contributed by atoms with E-state index in [1.165, 1.54) is 6.20 Å². The van der Waals surface area contributed by atoms with Gasteiger partial charge in [0.2, 0.25) is 0 Å². The predicted molar refractivity (Wildman–Crippen MR) is 74.3 cm³/mol. The molecule has 0 saturated heterocycles. The Morgan fingerprint density at radius 3 is 2.63 bits per heavy atom. The summed E-state index contributed by atoms with van der Waals surface area (Å²) in [7, 11) is -1.76. The van der Waals surface area contributed by atoms with Crippen molar-refractivity contribution in [1.29, 1.82) is 0 Å². The van der Waals surface area contributed by atoms with E-state index in [9.17, 15) is 8.42 Å². The van der Waals surface area contributed by atoms with Gasteiger partial charge in [-0.1, -0.05) is 13.8 Å². The molecular weight excluding hydrogens is 266 g/mol. The Labute approximate surface area is 114 Å². The minimum atomic E-state index is -3.52. The maximum Gasteiger partial charge on any atom is 0.257 e. The number of sulfonamides is 1. The highest BCUT2D eigenvalue weighted by Crippen LogP contribution is 2.10. The molecule has 0 atom stereocenters. The molecule has 1 rings (SSSR count). The second-order valence-electron chi connectivity index (χ2n) is 4.18. The lowest BCUT2D eigenvalue weighted by Crippen LogP contribution is -2.35. The Hall–Kier alpha value is -0.960. The summed E-state index contributed by atoms with van der Waals surface area (Å²) in [6, 6.07) is 0. The first-order valence-corrected chi connectivity index (χ1v) is 7.92. The van der Waals surface area contributed by atoms with Crippen molar-refractivity contribution >= 4 is 10.0 Å². The average Bonchev–Trinajstić information content (AvgIpc) is 2.84. The molecule has 0 aliphatic rings. The van der Waals surface area contributed by atoms with E-state index in [1.54, 1.807) is 7.05 Å². The summed E-state index contributed by atoms with van der Waals surface area (Å²) in [4.78, 5) is 2.16. The van der Waals surface area contributed by atoms with Crippen molar-refractivity contribution in [3.63, 3.8) is 0 Å². The molecule has 110 valence electrons. The fourth-order valence-electron chi connectivity index (χ4n) is 1.80. The van der Waals surface area contributed by atoms with Gasteiger partial charge in [0, 0.05) is 25.2 Å². The van der Waals surface area contributed by atoms with Gasteiger partial charge in [-0.2, -0.15) is 5.10 Å². The molecule has 8 heteroatoms. The van der Waals surface area contributed by atoms with Gasteiger partial charge in [0.05, 0.1) is 6.20 Å². The van der Waals surface area contributed by atoms with Crippen molar-refractivity contribution < 1.29 is 8.42 Å².